The van der Waals surface area contributed by atoms with Gasteiger partial charge in [-0.2, -0.15) is 0 Å². The zero-order valence-electron chi connectivity index (χ0n) is 16.8. The normalized spacial score (nSPS) is 20.1. The van der Waals surface area contributed by atoms with Crippen molar-refractivity contribution in [2.45, 2.75) is 51.1 Å². The zero-order chi connectivity index (χ0) is 20.8. The van der Waals surface area contributed by atoms with Crippen LogP contribution in [0.2, 0.25) is 5.02 Å². The first-order valence-electron chi connectivity index (χ1n) is 9.85. The molecule has 5 nitrogen and oxygen atoms in total. The highest BCUT2D eigenvalue weighted by Crippen LogP contribution is 2.47. The lowest BCUT2D eigenvalue weighted by molar-refractivity contribution is -0.118. The molecule has 29 heavy (non-hydrogen) atoms. The molecule has 1 aliphatic heterocycles. The van der Waals surface area contributed by atoms with E-state index in [1.54, 1.807) is 12.1 Å². The number of thioether (sulfide) groups is 1. The molecule has 0 saturated heterocycles. The molecular formula is C22H24ClN3O2S. The van der Waals surface area contributed by atoms with Crippen LogP contribution in [0.4, 0.5) is 5.82 Å². The summed E-state index contributed by atoms with van der Waals surface area (Å²) in [4.78, 5) is 33.9. The number of ketones is 1. The molecule has 7 heteroatoms. The van der Waals surface area contributed by atoms with E-state index in [1.165, 1.54) is 11.8 Å². The van der Waals surface area contributed by atoms with Gasteiger partial charge in [0.15, 0.2) is 10.9 Å². The third kappa shape index (κ3) is 3.88. The van der Waals surface area contributed by atoms with Gasteiger partial charge in [-0.25, -0.2) is 4.98 Å². The highest BCUT2D eigenvalue weighted by atomic mass is 35.5. The third-order valence-corrected chi connectivity index (χ3v) is 6.68. The predicted molar refractivity (Wildman–Crippen MR) is 118 cm³/mol. The van der Waals surface area contributed by atoms with E-state index in [0.29, 0.717) is 33.6 Å². The zero-order valence-corrected chi connectivity index (χ0v) is 18.3. The molecule has 0 fully saturated rings. The summed E-state index contributed by atoms with van der Waals surface area (Å²) < 4.78 is 0. The topological polar surface area (TPSA) is 74.8 Å². The minimum absolute atomic E-state index is 0.0817. The van der Waals surface area contributed by atoms with Crippen LogP contribution in [0.25, 0.3) is 0 Å². The maximum atomic E-state index is 13.2. The number of carbonyl (C=O) groups is 1. The number of nitrogens with zero attached hydrogens (tertiary/aromatic N) is 1. The summed E-state index contributed by atoms with van der Waals surface area (Å²) in [6, 6.07) is 7.37. The number of aromatic nitrogens is 2. The van der Waals surface area contributed by atoms with Crippen molar-refractivity contribution in [2.75, 3.05) is 11.1 Å². The summed E-state index contributed by atoms with van der Waals surface area (Å²) in [7, 11) is 0. The molecule has 1 aromatic carbocycles. The number of Topliss-reactive ketones (excluding diaryl/α,β-unsaturated/α-hetero) is 1. The Morgan fingerprint density at radius 2 is 1.93 bits per heavy atom. The quantitative estimate of drug-likeness (QED) is 0.520. The van der Waals surface area contributed by atoms with Gasteiger partial charge in [-0.1, -0.05) is 56.3 Å². The summed E-state index contributed by atoms with van der Waals surface area (Å²) in [6.45, 7) is 6.28. The molecule has 2 N–H and O–H groups in total. The van der Waals surface area contributed by atoms with E-state index in [9.17, 15) is 9.59 Å². The van der Waals surface area contributed by atoms with Crippen molar-refractivity contribution >= 4 is 35.0 Å². The third-order valence-electron chi connectivity index (χ3n) is 5.35. The number of nitrogens with one attached hydrogen (secondary N) is 2. The van der Waals surface area contributed by atoms with Crippen LogP contribution in [0.5, 0.6) is 0 Å². The van der Waals surface area contributed by atoms with E-state index >= 15 is 0 Å². The molecule has 4 rings (SSSR count). The van der Waals surface area contributed by atoms with Gasteiger partial charge in [0.05, 0.1) is 5.56 Å². The van der Waals surface area contributed by atoms with Crippen LogP contribution in [-0.2, 0) is 4.79 Å². The first-order valence-corrected chi connectivity index (χ1v) is 11.2. The molecule has 1 unspecified atom stereocenters. The van der Waals surface area contributed by atoms with Crippen LogP contribution in [-0.4, -0.2) is 21.5 Å². The largest absolute Gasteiger partial charge is 0.343 e. The van der Waals surface area contributed by atoms with Gasteiger partial charge in [0.1, 0.15) is 5.82 Å². The van der Waals surface area contributed by atoms with Crippen molar-refractivity contribution in [3.63, 3.8) is 0 Å². The number of hydrogen-bond acceptors (Lipinski definition) is 5. The highest BCUT2D eigenvalue weighted by molar-refractivity contribution is 7.99. The maximum absolute atomic E-state index is 13.2. The lowest BCUT2D eigenvalue weighted by atomic mass is 9.69. The molecule has 0 spiro atoms. The Morgan fingerprint density at radius 1 is 1.21 bits per heavy atom. The molecule has 1 atom stereocenters. The molecule has 0 bridgehead atoms. The Labute approximate surface area is 179 Å². The van der Waals surface area contributed by atoms with Gasteiger partial charge in [0.25, 0.3) is 5.56 Å². The van der Waals surface area contributed by atoms with Gasteiger partial charge in [-0.15, -0.1) is 0 Å². The number of H-pyrrole nitrogens is 1. The second-order valence-electron chi connectivity index (χ2n) is 8.42. The van der Waals surface area contributed by atoms with Gasteiger partial charge in [0.2, 0.25) is 0 Å². The fraction of sp³-hybridized carbons (Fsp3) is 0.409. The average molecular weight is 430 g/mol. The molecule has 1 aromatic heterocycles. The summed E-state index contributed by atoms with van der Waals surface area (Å²) in [5.74, 6) is 1.07. The van der Waals surface area contributed by atoms with E-state index < -0.39 is 5.92 Å². The van der Waals surface area contributed by atoms with Gasteiger partial charge in [-0.05, 0) is 36.0 Å². The summed E-state index contributed by atoms with van der Waals surface area (Å²) in [5.41, 5.74) is 2.60. The lowest BCUT2D eigenvalue weighted by Crippen LogP contribution is -2.37. The molecular weight excluding hydrogens is 406 g/mol. The SMILES string of the molecule is CCCSc1nc2c(c(=O)[nH]1)C(c1ccc(Cl)cc1)C1=C(CC(C)(C)CC1=O)N2. The van der Waals surface area contributed by atoms with Gasteiger partial charge in [-0.3, -0.25) is 9.59 Å². The number of hydrogen-bond donors (Lipinski definition) is 2. The fourth-order valence-corrected chi connectivity index (χ4v) is 4.99. The van der Waals surface area contributed by atoms with Crippen LogP contribution in [0.1, 0.15) is 57.1 Å². The predicted octanol–water partition coefficient (Wildman–Crippen LogP) is 5.13. The Bertz CT molecular complexity index is 1060. The second kappa shape index (κ2) is 7.65. The number of rotatable bonds is 4. The molecule has 2 aliphatic rings. The first-order chi connectivity index (χ1) is 13.8. The van der Waals surface area contributed by atoms with Crippen LogP contribution in [0.3, 0.4) is 0 Å². The smallest absolute Gasteiger partial charge is 0.257 e. The van der Waals surface area contributed by atoms with E-state index in [0.717, 1.165) is 29.9 Å². The number of aromatic amines is 1. The van der Waals surface area contributed by atoms with Crippen molar-refractivity contribution in [3.8, 4) is 0 Å². The average Bonchev–Trinajstić information content (AvgIpc) is 2.64. The highest BCUT2D eigenvalue weighted by Gasteiger charge is 2.42. The lowest BCUT2D eigenvalue weighted by Gasteiger charge is -2.38. The van der Waals surface area contributed by atoms with E-state index in [1.807, 2.05) is 12.1 Å². The van der Waals surface area contributed by atoms with Crippen LogP contribution in [0.15, 0.2) is 45.5 Å². The number of benzene rings is 1. The molecule has 0 saturated carbocycles. The van der Waals surface area contributed by atoms with Gasteiger partial charge < -0.3 is 10.3 Å². The standard InChI is InChI=1S/C22H24ClN3O2S/c1-4-9-29-21-25-19-18(20(28)26-21)16(12-5-7-13(23)8-6-12)17-14(24-19)10-22(2,3)11-15(17)27/h5-8,16H,4,9-11H2,1-3H3,(H2,24,25,26,28). The number of halogens is 1. The Kier molecular flexibility index (Phi) is 5.34. The van der Waals surface area contributed by atoms with Crippen molar-refractivity contribution < 1.29 is 4.79 Å². The number of carbonyl (C=O) groups excluding carboxylic acids is 1. The molecule has 0 radical (unpaired) electrons. The first kappa shape index (κ1) is 20.2. The monoisotopic (exact) mass is 429 g/mol. The minimum Gasteiger partial charge on any atom is -0.343 e. The van der Waals surface area contributed by atoms with Crippen molar-refractivity contribution in [1.29, 1.82) is 0 Å². The summed E-state index contributed by atoms with van der Waals surface area (Å²) >= 11 is 7.61. The molecule has 152 valence electrons. The minimum atomic E-state index is -0.441. The Hall–Kier alpha value is -2.05. The molecule has 0 amide bonds. The maximum Gasteiger partial charge on any atom is 0.257 e. The van der Waals surface area contributed by atoms with Gasteiger partial charge >= 0.3 is 0 Å². The van der Waals surface area contributed by atoms with E-state index in [2.05, 4.69) is 31.1 Å². The van der Waals surface area contributed by atoms with Gasteiger partial charge in [0, 0.05) is 34.4 Å². The van der Waals surface area contributed by atoms with E-state index in [-0.39, 0.29) is 16.8 Å². The van der Waals surface area contributed by atoms with Crippen LogP contribution in [0, 0.1) is 5.41 Å². The number of allylic oxidation sites excluding steroid dienone is 2. The molecule has 2 aromatic rings. The fourth-order valence-electron chi connectivity index (χ4n) is 4.15. The molecule has 1 aliphatic carbocycles. The Balaban J connectivity index is 1.91. The summed E-state index contributed by atoms with van der Waals surface area (Å²) in [6.07, 6.45) is 2.19. The second-order valence-corrected chi connectivity index (χ2v) is 9.94. The van der Waals surface area contributed by atoms with Crippen LogP contribution < -0.4 is 10.9 Å². The molecule has 2 heterocycles. The number of anilines is 1. The van der Waals surface area contributed by atoms with Crippen LogP contribution >= 0.6 is 23.4 Å². The van der Waals surface area contributed by atoms with Crippen molar-refractivity contribution in [3.05, 3.63) is 62.0 Å². The van der Waals surface area contributed by atoms with Crippen molar-refractivity contribution in [1.82, 2.24) is 9.97 Å². The Morgan fingerprint density at radius 3 is 2.62 bits per heavy atom. The summed E-state index contributed by atoms with van der Waals surface area (Å²) in [5, 5.41) is 4.56. The van der Waals surface area contributed by atoms with E-state index in [4.69, 9.17) is 16.6 Å². The number of fused-ring (bicyclic) bond motifs is 1. The van der Waals surface area contributed by atoms with Crippen molar-refractivity contribution in [2.24, 2.45) is 5.41 Å².